The van der Waals surface area contributed by atoms with Crippen LogP contribution in [0, 0.1) is 11.3 Å². The Kier molecular flexibility index (Phi) is 3.93. The van der Waals surface area contributed by atoms with Crippen molar-refractivity contribution in [3.05, 3.63) is 29.3 Å². The third-order valence-electron chi connectivity index (χ3n) is 3.39. The van der Waals surface area contributed by atoms with Gasteiger partial charge in [-0.2, -0.15) is 18.4 Å². The number of piperazine rings is 1. The number of amides is 2. The summed E-state index contributed by atoms with van der Waals surface area (Å²) >= 11 is 0. The molecule has 0 unspecified atom stereocenters. The fourth-order valence-corrected chi connectivity index (χ4v) is 2.25. The molecule has 0 bridgehead atoms. The molecule has 5 nitrogen and oxygen atoms in total. The first-order chi connectivity index (χ1) is 9.82. The first-order valence-electron chi connectivity index (χ1n) is 6.23. The Morgan fingerprint density at radius 3 is 2.33 bits per heavy atom. The van der Waals surface area contributed by atoms with E-state index in [1.807, 2.05) is 0 Å². The van der Waals surface area contributed by atoms with Crippen LogP contribution in [0.5, 0.6) is 0 Å². The number of carbonyl (C=O) groups is 1. The average molecular weight is 298 g/mol. The van der Waals surface area contributed by atoms with Crippen LogP contribution in [0.15, 0.2) is 18.2 Å². The second-order valence-electron chi connectivity index (χ2n) is 4.65. The Balaban J connectivity index is 2.23. The van der Waals surface area contributed by atoms with E-state index >= 15 is 0 Å². The zero-order chi connectivity index (χ0) is 15.6. The molecule has 2 N–H and O–H groups in total. The van der Waals surface area contributed by atoms with Gasteiger partial charge in [-0.25, -0.2) is 4.79 Å². The fourth-order valence-electron chi connectivity index (χ4n) is 2.25. The number of rotatable bonds is 1. The molecule has 2 amide bonds. The smallest absolute Gasteiger partial charge is 0.368 e. The maximum atomic E-state index is 12.9. The van der Waals surface area contributed by atoms with Crippen LogP contribution in [0.1, 0.15) is 11.1 Å². The molecule has 1 saturated heterocycles. The molecule has 2 rings (SSSR count). The Morgan fingerprint density at radius 1 is 1.24 bits per heavy atom. The van der Waals surface area contributed by atoms with Crippen LogP contribution in [-0.4, -0.2) is 37.1 Å². The van der Waals surface area contributed by atoms with Crippen LogP contribution in [0.3, 0.4) is 0 Å². The predicted molar refractivity (Wildman–Crippen MR) is 69.5 cm³/mol. The van der Waals surface area contributed by atoms with Crippen LogP contribution in [-0.2, 0) is 6.18 Å². The molecule has 1 aromatic carbocycles. The molecule has 1 aliphatic rings. The molecule has 1 aromatic rings. The molecule has 0 spiro atoms. The van der Waals surface area contributed by atoms with E-state index in [0.29, 0.717) is 31.9 Å². The molecule has 112 valence electrons. The highest BCUT2D eigenvalue weighted by Crippen LogP contribution is 2.34. The van der Waals surface area contributed by atoms with E-state index in [1.54, 1.807) is 11.0 Å². The van der Waals surface area contributed by atoms with Crippen molar-refractivity contribution in [2.45, 2.75) is 6.18 Å². The number of halogens is 3. The highest BCUT2D eigenvalue weighted by Gasteiger charge is 2.34. The molecule has 0 atom stereocenters. The first-order valence-corrected chi connectivity index (χ1v) is 6.23. The van der Waals surface area contributed by atoms with Crippen molar-refractivity contribution in [2.24, 2.45) is 5.73 Å². The van der Waals surface area contributed by atoms with E-state index < -0.39 is 23.3 Å². The van der Waals surface area contributed by atoms with E-state index in [4.69, 9.17) is 11.0 Å². The zero-order valence-corrected chi connectivity index (χ0v) is 11.0. The topological polar surface area (TPSA) is 73.4 Å². The molecule has 21 heavy (non-hydrogen) atoms. The number of carbonyl (C=O) groups excluding carboxylic acids is 1. The van der Waals surface area contributed by atoms with Crippen LogP contribution in [0.2, 0.25) is 0 Å². The number of hydrogen-bond acceptors (Lipinski definition) is 3. The van der Waals surface area contributed by atoms with Gasteiger partial charge in [-0.15, -0.1) is 0 Å². The largest absolute Gasteiger partial charge is 0.417 e. The van der Waals surface area contributed by atoms with Gasteiger partial charge in [-0.05, 0) is 18.2 Å². The molecule has 1 fully saturated rings. The summed E-state index contributed by atoms with van der Waals surface area (Å²) in [6.45, 7) is 1.51. The van der Waals surface area contributed by atoms with E-state index in [1.165, 1.54) is 17.0 Å². The van der Waals surface area contributed by atoms with Gasteiger partial charge in [0.15, 0.2) is 0 Å². The van der Waals surface area contributed by atoms with Gasteiger partial charge in [0.25, 0.3) is 0 Å². The van der Waals surface area contributed by atoms with Crippen LogP contribution >= 0.6 is 0 Å². The number of primary amides is 1. The second kappa shape index (κ2) is 5.52. The lowest BCUT2D eigenvalue weighted by Crippen LogP contribution is -2.50. The lowest BCUT2D eigenvalue weighted by Gasteiger charge is -2.35. The van der Waals surface area contributed by atoms with Crippen molar-refractivity contribution in [1.29, 1.82) is 5.26 Å². The number of benzene rings is 1. The number of anilines is 1. The van der Waals surface area contributed by atoms with E-state index in [-0.39, 0.29) is 0 Å². The van der Waals surface area contributed by atoms with Crippen molar-refractivity contribution >= 4 is 11.7 Å². The molecular formula is C13H13F3N4O. The highest BCUT2D eigenvalue weighted by molar-refractivity contribution is 5.72. The minimum atomic E-state index is -4.57. The standard InChI is InChI=1S/C13H13F3N4O/c14-13(15,16)11-7-10(2-1-9(11)8-17)19-3-5-20(6-4-19)12(18)21/h1-2,7H,3-6H2,(H2,18,21). The molecule has 1 heterocycles. The highest BCUT2D eigenvalue weighted by atomic mass is 19.4. The third kappa shape index (κ3) is 3.18. The lowest BCUT2D eigenvalue weighted by molar-refractivity contribution is -0.137. The maximum Gasteiger partial charge on any atom is 0.417 e. The average Bonchev–Trinajstić information content (AvgIpc) is 2.45. The first kappa shape index (κ1) is 15.0. The summed E-state index contributed by atoms with van der Waals surface area (Å²) in [6, 6.07) is 4.63. The van der Waals surface area contributed by atoms with Crippen LogP contribution in [0.4, 0.5) is 23.7 Å². The summed E-state index contributed by atoms with van der Waals surface area (Å²) in [5.41, 5.74) is 4.19. The van der Waals surface area contributed by atoms with Crippen molar-refractivity contribution < 1.29 is 18.0 Å². The zero-order valence-electron chi connectivity index (χ0n) is 11.0. The van der Waals surface area contributed by atoms with Crippen molar-refractivity contribution in [1.82, 2.24) is 4.90 Å². The lowest BCUT2D eigenvalue weighted by atomic mass is 10.1. The van der Waals surface area contributed by atoms with E-state index in [2.05, 4.69) is 0 Å². The summed E-state index contributed by atoms with van der Waals surface area (Å²) in [7, 11) is 0. The SMILES string of the molecule is N#Cc1ccc(N2CCN(C(N)=O)CC2)cc1C(F)(F)F. The Labute approximate surface area is 119 Å². The summed E-state index contributed by atoms with van der Waals surface area (Å²) in [5.74, 6) is 0. The second-order valence-corrected chi connectivity index (χ2v) is 4.65. The van der Waals surface area contributed by atoms with Crippen molar-refractivity contribution in [3.8, 4) is 6.07 Å². The van der Waals surface area contributed by atoms with Gasteiger partial charge in [0, 0.05) is 31.9 Å². The van der Waals surface area contributed by atoms with Crippen LogP contribution < -0.4 is 10.6 Å². The number of nitriles is 1. The molecule has 0 aliphatic carbocycles. The summed E-state index contributed by atoms with van der Waals surface area (Å²) in [5, 5.41) is 8.76. The normalized spacial score (nSPS) is 15.7. The number of nitrogens with two attached hydrogens (primary N) is 1. The summed E-state index contributed by atoms with van der Waals surface area (Å²) in [4.78, 5) is 14.2. The summed E-state index contributed by atoms with van der Waals surface area (Å²) < 4.78 is 38.7. The van der Waals surface area contributed by atoms with Gasteiger partial charge < -0.3 is 15.5 Å². The van der Waals surface area contributed by atoms with E-state index in [0.717, 1.165) is 6.07 Å². The molecule has 0 radical (unpaired) electrons. The van der Waals surface area contributed by atoms with Gasteiger partial charge in [-0.3, -0.25) is 0 Å². The molecular weight excluding hydrogens is 285 g/mol. The van der Waals surface area contributed by atoms with Gasteiger partial charge in [0.2, 0.25) is 0 Å². The Bertz CT molecular complexity index is 586. The van der Waals surface area contributed by atoms with Gasteiger partial charge >= 0.3 is 12.2 Å². The monoisotopic (exact) mass is 298 g/mol. The van der Waals surface area contributed by atoms with Crippen molar-refractivity contribution in [3.63, 3.8) is 0 Å². The molecule has 1 aliphatic heterocycles. The third-order valence-corrected chi connectivity index (χ3v) is 3.39. The minimum absolute atomic E-state index is 0.358. The van der Waals surface area contributed by atoms with Gasteiger partial charge in [-0.1, -0.05) is 0 Å². The number of alkyl halides is 3. The molecule has 8 heteroatoms. The number of hydrogen-bond donors (Lipinski definition) is 1. The molecule has 0 aromatic heterocycles. The van der Waals surface area contributed by atoms with Crippen LogP contribution in [0.25, 0.3) is 0 Å². The van der Waals surface area contributed by atoms with Gasteiger partial charge in [0.1, 0.15) is 0 Å². The fraction of sp³-hybridized carbons (Fsp3) is 0.385. The minimum Gasteiger partial charge on any atom is -0.368 e. The predicted octanol–water partition coefficient (Wildman–Crippen LogP) is 1.78. The number of nitrogens with zero attached hydrogens (tertiary/aromatic N) is 3. The summed E-state index contributed by atoms with van der Waals surface area (Å²) in [6.07, 6.45) is -4.57. The van der Waals surface area contributed by atoms with Crippen molar-refractivity contribution in [2.75, 3.05) is 31.1 Å². The van der Waals surface area contributed by atoms with Gasteiger partial charge in [0.05, 0.1) is 17.2 Å². The Morgan fingerprint density at radius 2 is 1.86 bits per heavy atom. The quantitative estimate of drug-likeness (QED) is 0.859. The maximum absolute atomic E-state index is 12.9. The Hall–Kier alpha value is -2.43. The number of urea groups is 1. The molecule has 0 saturated carbocycles. The van der Waals surface area contributed by atoms with E-state index in [9.17, 15) is 18.0 Å².